The molecule has 0 aliphatic rings. The minimum atomic E-state index is 0.201. The molecule has 0 radical (unpaired) electrons. The molecule has 0 amide bonds. The van der Waals surface area contributed by atoms with Crippen LogP contribution in [-0.2, 0) is 6.42 Å². The van der Waals surface area contributed by atoms with E-state index in [-0.39, 0.29) is 6.04 Å². The summed E-state index contributed by atoms with van der Waals surface area (Å²) in [6.07, 6.45) is 4.54. The highest BCUT2D eigenvalue weighted by molar-refractivity contribution is 9.10. The van der Waals surface area contributed by atoms with Crippen molar-refractivity contribution in [2.75, 3.05) is 6.54 Å². The fraction of sp³-hybridized carbons (Fsp3) is 0.235. The van der Waals surface area contributed by atoms with Crippen molar-refractivity contribution >= 4 is 26.9 Å². The van der Waals surface area contributed by atoms with Crippen molar-refractivity contribution in [3.63, 3.8) is 0 Å². The number of likely N-dealkylation sites (N-methyl/N-ethyl adjacent to an activating group) is 1. The Balaban J connectivity index is 1.92. The lowest BCUT2D eigenvalue weighted by atomic mass is 10.0. The highest BCUT2D eigenvalue weighted by Gasteiger charge is 2.17. The number of halogens is 1. The molecule has 3 aromatic rings. The standard InChI is InChI=1S/C17H17BrN2O/c1-2-19-16(9-13-8-7-12(18)10-20-13)15-11-21-17-6-4-3-5-14(15)17/h3-8,10-11,16,19H,2,9H2,1H3. The molecular formula is C17H17BrN2O. The van der Waals surface area contributed by atoms with Gasteiger partial charge in [-0.3, -0.25) is 4.98 Å². The molecule has 0 aliphatic heterocycles. The van der Waals surface area contributed by atoms with E-state index in [1.165, 1.54) is 10.9 Å². The van der Waals surface area contributed by atoms with E-state index < -0.39 is 0 Å². The Kier molecular flexibility index (Phi) is 4.36. The first kappa shape index (κ1) is 14.3. The van der Waals surface area contributed by atoms with Gasteiger partial charge in [0.1, 0.15) is 5.58 Å². The van der Waals surface area contributed by atoms with Crippen LogP contribution >= 0.6 is 15.9 Å². The summed E-state index contributed by atoms with van der Waals surface area (Å²) in [5, 5.41) is 4.70. The predicted molar refractivity (Wildman–Crippen MR) is 88.3 cm³/mol. The van der Waals surface area contributed by atoms with Crippen molar-refractivity contribution in [3.8, 4) is 0 Å². The summed E-state index contributed by atoms with van der Waals surface area (Å²) < 4.78 is 6.67. The van der Waals surface area contributed by atoms with Crippen molar-refractivity contribution in [3.05, 3.63) is 64.6 Å². The van der Waals surface area contributed by atoms with E-state index >= 15 is 0 Å². The van der Waals surface area contributed by atoms with Crippen LogP contribution in [-0.4, -0.2) is 11.5 Å². The molecule has 0 bridgehead atoms. The van der Waals surface area contributed by atoms with Crippen molar-refractivity contribution in [2.24, 2.45) is 0 Å². The van der Waals surface area contributed by atoms with Gasteiger partial charge in [-0.15, -0.1) is 0 Å². The molecule has 2 heterocycles. The molecule has 3 rings (SSSR count). The summed E-state index contributed by atoms with van der Waals surface area (Å²) in [5.41, 5.74) is 3.19. The second-order valence-corrected chi connectivity index (χ2v) is 5.89. The van der Waals surface area contributed by atoms with Gasteiger partial charge < -0.3 is 9.73 Å². The minimum absolute atomic E-state index is 0.201. The number of para-hydroxylation sites is 1. The molecule has 0 saturated carbocycles. The Morgan fingerprint density at radius 1 is 1.24 bits per heavy atom. The Morgan fingerprint density at radius 3 is 2.86 bits per heavy atom. The number of furan rings is 1. The smallest absolute Gasteiger partial charge is 0.134 e. The van der Waals surface area contributed by atoms with Gasteiger partial charge in [0.2, 0.25) is 0 Å². The third-order valence-electron chi connectivity index (χ3n) is 3.54. The maximum atomic E-state index is 5.67. The van der Waals surface area contributed by atoms with Crippen molar-refractivity contribution in [2.45, 2.75) is 19.4 Å². The molecule has 0 aliphatic carbocycles. The molecule has 21 heavy (non-hydrogen) atoms. The predicted octanol–water partition coefficient (Wildman–Crippen LogP) is 4.48. The molecular weight excluding hydrogens is 328 g/mol. The van der Waals surface area contributed by atoms with Crippen LogP contribution < -0.4 is 5.32 Å². The van der Waals surface area contributed by atoms with Crippen LogP contribution in [0.3, 0.4) is 0 Å². The van der Waals surface area contributed by atoms with E-state index in [2.05, 4.69) is 45.3 Å². The molecule has 1 atom stereocenters. The number of hydrogen-bond donors (Lipinski definition) is 1. The normalized spacial score (nSPS) is 12.7. The van der Waals surface area contributed by atoms with Gasteiger partial charge in [-0.25, -0.2) is 0 Å². The molecule has 3 nitrogen and oxygen atoms in total. The number of benzene rings is 1. The Labute approximate surface area is 132 Å². The van der Waals surface area contributed by atoms with Gasteiger partial charge in [0.15, 0.2) is 0 Å². The average Bonchev–Trinajstić information content (AvgIpc) is 2.93. The quantitative estimate of drug-likeness (QED) is 0.741. The first-order valence-electron chi connectivity index (χ1n) is 7.08. The molecule has 4 heteroatoms. The van der Waals surface area contributed by atoms with Crippen molar-refractivity contribution in [1.82, 2.24) is 10.3 Å². The fourth-order valence-electron chi connectivity index (χ4n) is 2.54. The molecule has 1 unspecified atom stereocenters. The lowest BCUT2D eigenvalue weighted by molar-refractivity contribution is 0.531. The number of hydrogen-bond acceptors (Lipinski definition) is 3. The molecule has 1 aromatic carbocycles. The maximum Gasteiger partial charge on any atom is 0.134 e. The second kappa shape index (κ2) is 6.41. The molecule has 2 aromatic heterocycles. The summed E-state index contributed by atoms with van der Waals surface area (Å²) in [6, 6.07) is 12.4. The van der Waals surface area contributed by atoms with Crippen LogP contribution in [0.25, 0.3) is 11.0 Å². The van der Waals surface area contributed by atoms with E-state index in [0.717, 1.165) is 28.7 Å². The zero-order valence-corrected chi connectivity index (χ0v) is 13.4. The summed E-state index contributed by atoms with van der Waals surface area (Å²) in [6.45, 7) is 3.02. The molecule has 0 saturated heterocycles. The summed E-state index contributed by atoms with van der Waals surface area (Å²) in [4.78, 5) is 4.47. The minimum Gasteiger partial charge on any atom is -0.464 e. The van der Waals surface area contributed by atoms with Crippen LogP contribution in [0.5, 0.6) is 0 Å². The molecule has 0 spiro atoms. The average molecular weight is 345 g/mol. The summed E-state index contributed by atoms with van der Waals surface area (Å²) in [5.74, 6) is 0. The maximum absolute atomic E-state index is 5.67. The summed E-state index contributed by atoms with van der Waals surface area (Å²) >= 11 is 3.42. The van der Waals surface area contributed by atoms with E-state index in [9.17, 15) is 0 Å². The van der Waals surface area contributed by atoms with Crippen LogP contribution in [0.15, 0.2) is 57.7 Å². The third kappa shape index (κ3) is 3.17. The number of nitrogens with zero attached hydrogens (tertiary/aromatic N) is 1. The third-order valence-corrected chi connectivity index (χ3v) is 4.01. The van der Waals surface area contributed by atoms with Gasteiger partial charge in [-0.2, -0.15) is 0 Å². The van der Waals surface area contributed by atoms with E-state index in [1.807, 2.05) is 36.7 Å². The monoisotopic (exact) mass is 344 g/mol. The van der Waals surface area contributed by atoms with Gasteiger partial charge in [-0.1, -0.05) is 25.1 Å². The number of nitrogens with one attached hydrogen (secondary N) is 1. The SMILES string of the molecule is CCNC(Cc1ccc(Br)cn1)c1coc2ccccc12. The van der Waals surface area contributed by atoms with Gasteiger partial charge in [0.25, 0.3) is 0 Å². The van der Waals surface area contributed by atoms with Gasteiger partial charge in [0.05, 0.1) is 6.26 Å². The van der Waals surface area contributed by atoms with Crippen molar-refractivity contribution in [1.29, 1.82) is 0 Å². The first-order chi connectivity index (χ1) is 10.3. The topological polar surface area (TPSA) is 38.1 Å². The zero-order chi connectivity index (χ0) is 14.7. The number of rotatable bonds is 5. The summed E-state index contributed by atoms with van der Waals surface area (Å²) in [7, 11) is 0. The molecule has 0 fully saturated rings. The van der Waals surface area contributed by atoms with E-state index in [1.54, 1.807) is 0 Å². The van der Waals surface area contributed by atoms with Crippen molar-refractivity contribution < 1.29 is 4.42 Å². The van der Waals surface area contributed by atoms with Crippen LogP contribution in [0, 0.1) is 0 Å². The zero-order valence-electron chi connectivity index (χ0n) is 11.8. The lowest BCUT2D eigenvalue weighted by Gasteiger charge is -2.16. The lowest BCUT2D eigenvalue weighted by Crippen LogP contribution is -2.23. The highest BCUT2D eigenvalue weighted by Crippen LogP contribution is 2.28. The number of pyridine rings is 1. The highest BCUT2D eigenvalue weighted by atomic mass is 79.9. The van der Waals surface area contributed by atoms with E-state index in [0.29, 0.717) is 0 Å². The molecule has 108 valence electrons. The largest absolute Gasteiger partial charge is 0.464 e. The van der Waals surface area contributed by atoms with Gasteiger partial charge in [0, 0.05) is 39.8 Å². The van der Waals surface area contributed by atoms with Crippen LogP contribution in [0.2, 0.25) is 0 Å². The Bertz CT molecular complexity index is 721. The second-order valence-electron chi connectivity index (χ2n) is 4.97. The number of fused-ring (bicyclic) bond motifs is 1. The molecule has 1 N–H and O–H groups in total. The van der Waals surface area contributed by atoms with Crippen LogP contribution in [0.4, 0.5) is 0 Å². The Morgan fingerprint density at radius 2 is 2.10 bits per heavy atom. The number of aromatic nitrogens is 1. The first-order valence-corrected chi connectivity index (χ1v) is 7.87. The van der Waals surface area contributed by atoms with Crippen LogP contribution in [0.1, 0.15) is 24.2 Å². The van der Waals surface area contributed by atoms with E-state index in [4.69, 9.17) is 4.42 Å². The Hall–Kier alpha value is -1.65. The van der Waals surface area contributed by atoms with Gasteiger partial charge in [-0.05, 0) is 40.7 Å². The van der Waals surface area contributed by atoms with Gasteiger partial charge >= 0.3 is 0 Å². The fourth-order valence-corrected chi connectivity index (χ4v) is 2.78.